The van der Waals surface area contributed by atoms with Crippen LogP contribution in [0.4, 0.5) is 5.69 Å². The quantitative estimate of drug-likeness (QED) is 0.835. The molecule has 0 aromatic heterocycles. The molecule has 1 aromatic rings. The molecule has 1 saturated heterocycles. The Balaban J connectivity index is 1.86. The number of amides is 1. The SMILES string of the molecule is N#CCSCC(=O)N[C@@H]1CCN(c2ccc(Cl)cc2Cl)C1. The Kier molecular flexibility index (Phi) is 6.04. The van der Waals surface area contributed by atoms with Crippen molar-refractivity contribution in [2.45, 2.75) is 12.5 Å². The van der Waals surface area contributed by atoms with Crippen molar-refractivity contribution in [2.24, 2.45) is 0 Å². The summed E-state index contributed by atoms with van der Waals surface area (Å²) in [5.74, 6) is 0.639. The molecule has 2 rings (SSSR count). The maximum atomic E-state index is 11.7. The van der Waals surface area contributed by atoms with Crippen LogP contribution in [0.3, 0.4) is 0 Å². The van der Waals surface area contributed by atoms with Crippen LogP contribution in [0.1, 0.15) is 6.42 Å². The predicted molar refractivity (Wildman–Crippen MR) is 88.2 cm³/mol. The smallest absolute Gasteiger partial charge is 0.230 e. The second-order valence-electron chi connectivity index (χ2n) is 4.75. The topological polar surface area (TPSA) is 56.1 Å². The zero-order valence-corrected chi connectivity index (χ0v) is 13.6. The van der Waals surface area contributed by atoms with E-state index in [1.807, 2.05) is 18.2 Å². The minimum atomic E-state index is -0.0238. The summed E-state index contributed by atoms with van der Waals surface area (Å²) in [5, 5.41) is 12.7. The normalized spacial score (nSPS) is 17.6. The minimum Gasteiger partial charge on any atom is -0.368 e. The number of rotatable bonds is 5. The Morgan fingerprint density at radius 3 is 3.05 bits per heavy atom. The number of hydrogen-bond acceptors (Lipinski definition) is 4. The van der Waals surface area contributed by atoms with Crippen LogP contribution in [-0.4, -0.2) is 36.5 Å². The van der Waals surface area contributed by atoms with Gasteiger partial charge in [-0.25, -0.2) is 0 Å². The van der Waals surface area contributed by atoms with E-state index >= 15 is 0 Å². The Labute approximate surface area is 138 Å². The second-order valence-corrected chi connectivity index (χ2v) is 6.58. The van der Waals surface area contributed by atoms with E-state index < -0.39 is 0 Å². The fourth-order valence-electron chi connectivity index (χ4n) is 2.29. The van der Waals surface area contributed by atoms with Crippen LogP contribution in [0.15, 0.2) is 18.2 Å². The lowest BCUT2D eigenvalue weighted by Crippen LogP contribution is -2.38. The Hall–Kier alpha value is -1.09. The molecule has 7 heteroatoms. The van der Waals surface area contributed by atoms with Crippen LogP contribution in [0.25, 0.3) is 0 Å². The summed E-state index contributed by atoms with van der Waals surface area (Å²) >= 11 is 13.4. The molecule has 1 aliphatic heterocycles. The van der Waals surface area contributed by atoms with Crippen LogP contribution in [0.2, 0.25) is 10.0 Å². The maximum absolute atomic E-state index is 11.7. The molecular formula is C14H15Cl2N3OS. The number of thioether (sulfide) groups is 1. The number of nitrogens with zero attached hydrogens (tertiary/aromatic N) is 2. The van der Waals surface area contributed by atoms with Crippen LogP contribution in [0, 0.1) is 11.3 Å². The van der Waals surface area contributed by atoms with E-state index in [1.165, 1.54) is 11.8 Å². The van der Waals surface area contributed by atoms with E-state index in [-0.39, 0.29) is 11.9 Å². The molecule has 112 valence electrons. The molecule has 1 aliphatic rings. The Bertz CT molecular complexity index is 562. The van der Waals surface area contributed by atoms with E-state index in [1.54, 1.807) is 6.07 Å². The number of hydrogen-bond donors (Lipinski definition) is 1. The van der Waals surface area contributed by atoms with Gasteiger partial charge in [0.15, 0.2) is 0 Å². The molecule has 0 aliphatic carbocycles. The number of halogens is 2. The fourth-order valence-corrected chi connectivity index (χ4v) is 3.28. The van der Waals surface area contributed by atoms with Crippen molar-refractivity contribution in [2.75, 3.05) is 29.5 Å². The minimum absolute atomic E-state index is 0.0238. The van der Waals surface area contributed by atoms with Gasteiger partial charge in [0.05, 0.1) is 28.3 Å². The molecule has 21 heavy (non-hydrogen) atoms. The van der Waals surface area contributed by atoms with Gasteiger partial charge in [-0.05, 0) is 24.6 Å². The zero-order valence-electron chi connectivity index (χ0n) is 11.3. The van der Waals surface area contributed by atoms with Gasteiger partial charge < -0.3 is 10.2 Å². The summed E-state index contributed by atoms with van der Waals surface area (Å²) in [7, 11) is 0. The molecule has 0 radical (unpaired) electrons. The number of nitrogens with one attached hydrogen (secondary N) is 1. The first-order chi connectivity index (χ1) is 10.1. The van der Waals surface area contributed by atoms with Gasteiger partial charge in [0.25, 0.3) is 0 Å². The fraction of sp³-hybridized carbons (Fsp3) is 0.429. The van der Waals surface area contributed by atoms with Crippen molar-refractivity contribution in [1.29, 1.82) is 5.26 Å². The van der Waals surface area contributed by atoms with E-state index in [4.69, 9.17) is 28.5 Å². The number of nitriles is 1. The largest absolute Gasteiger partial charge is 0.368 e. The van der Waals surface area contributed by atoms with Crippen molar-refractivity contribution >= 4 is 46.6 Å². The molecule has 0 bridgehead atoms. The standard InChI is InChI=1S/C14H15Cl2N3OS/c15-10-1-2-13(12(16)7-10)19-5-3-11(8-19)18-14(20)9-21-6-4-17/h1-2,7,11H,3,5-6,8-9H2,(H,18,20)/t11-/m1/s1. The lowest BCUT2D eigenvalue weighted by atomic mass is 10.2. The van der Waals surface area contributed by atoms with Crippen molar-refractivity contribution in [3.05, 3.63) is 28.2 Å². The third-order valence-corrected chi connectivity index (χ3v) is 4.54. The van der Waals surface area contributed by atoms with E-state index in [0.717, 1.165) is 25.2 Å². The van der Waals surface area contributed by atoms with Gasteiger partial charge in [0.2, 0.25) is 5.91 Å². The number of carbonyl (C=O) groups is 1. The van der Waals surface area contributed by atoms with Gasteiger partial charge in [-0.2, -0.15) is 5.26 Å². The summed E-state index contributed by atoms with van der Waals surface area (Å²) in [4.78, 5) is 13.9. The summed E-state index contributed by atoms with van der Waals surface area (Å²) in [6.07, 6.45) is 0.883. The highest BCUT2D eigenvalue weighted by atomic mass is 35.5. The first-order valence-corrected chi connectivity index (χ1v) is 8.45. The summed E-state index contributed by atoms with van der Waals surface area (Å²) < 4.78 is 0. The van der Waals surface area contributed by atoms with Crippen molar-refractivity contribution in [3.63, 3.8) is 0 Å². The van der Waals surface area contributed by atoms with Crippen LogP contribution in [-0.2, 0) is 4.79 Å². The van der Waals surface area contributed by atoms with Gasteiger partial charge in [-0.15, -0.1) is 11.8 Å². The molecule has 1 N–H and O–H groups in total. The molecule has 0 unspecified atom stereocenters. The molecule has 1 heterocycles. The second kappa shape index (κ2) is 7.79. The molecule has 1 atom stereocenters. The van der Waals surface area contributed by atoms with Crippen molar-refractivity contribution < 1.29 is 4.79 Å². The first-order valence-electron chi connectivity index (χ1n) is 6.54. The maximum Gasteiger partial charge on any atom is 0.230 e. The van der Waals surface area contributed by atoms with Gasteiger partial charge in [-0.3, -0.25) is 4.79 Å². The number of benzene rings is 1. The molecule has 1 aromatic carbocycles. The highest BCUT2D eigenvalue weighted by Crippen LogP contribution is 2.31. The van der Waals surface area contributed by atoms with Crippen molar-refractivity contribution in [1.82, 2.24) is 5.32 Å². The molecule has 1 amide bonds. The molecule has 1 fully saturated rings. The average Bonchev–Trinajstić information content (AvgIpc) is 2.87. The monoisotopic (exact) mass is 343 g/mol. The third kappa shape index (κ3) is 4.70. The highest BCUT2D eigenvalue weighted by molar-refractivity contribution is 8.00. The van der Waals surface area contributed by atoms with E-state index in [2.05, 4.69) is 10.2 Å². The van der Waals surface area contributed by atoms with Crippen LogP contribution >= 0.6 is 35.0 Å². The van der Waals surface area contributed by atoms with E-state index in [9.17, 15) is 4.79 Å². The summed E-state index contributed by atoms with van der Waals surface area (Å²) in [6, 6.07) is 7.56. The molecule has 0 spiro atoms. The van der Waals surface area contributed by atoms with Crippen LogP contribution < -0.4 is 10.2 Å². The van der Waals surface area contributed by atoms with Gasteiger partial charge >= 0.3 is 0 Å². The average molecular weight is 344 g/mol. The van der Waals surface area contributed by atoms with Gasteiger partial charge in [0, 0.05) is 24.2 Å². The first kappa shape index (κ1) is 16.3. The van der Waals surface area contributed by atoms with Crippen molar-refractivity contribution in [3.8, 4) is 6.07 Å². The zero-order chi connectivity index (χ0) is 15.2. The van der Waals surface area contributed by atoms with Crippen LogP contribution in [0.5, 0.6) is 0 Å². The number of carbonyl (C=O) groups excluding carboxylic acids is 1. The molecule has 4 nitrogen and oxygen atoms in total. The molecular weight excluding hydrogens is 329 g/mol. The predicted octanol–water partition coefficient (Wildman–Crippen LogP) is 2.95. The molecule has 0 saturated carbocycles. The highest BCUT2D eigenvalue weighted by Gasteiger charge is 2.25. The lowest BCUT2D eigenvalue weighted by molar-refractivity contribution is -0.119. The summed E-state index contributed by atoms with van der Waals surface area (Å²) in [5.41, 5.74) is 0.941. The number of anilines is 1. The Morgan fingerprint density at radius 1 is 1.52 bits per heavy atom. The summed E-state index contributed by atoms with van der Waals surface area (Å²) in [6.45, 7) is 1.58. The van der Waals surface area contributed by atoms with Gasteiger partial charge in [-0.1, -0.05) is 23.2 Å². The van der Waals surface area contributed by atoms with E-state index in [0.29, 0.717) is 21.6 Å². The Morgan fingerprint density at radius 2 is 2.33 bits per heavy atom. The third-order valence-electron chi connectivity index (χ3n) is 3.20. The lowest BCUT2D eigenvalue weighted by Gasteiger charge is -2.20. The van der Waals surface area contributed by atoms with Gasteiger partial charge in [0.1, 0.15) is 0 Å².